The van der Waals surface area contributed by atoms with E-state index in [2.05, 4.69) is 49.0 Å². The number of likely N-dealkylation sites (N-methyl/N-ethyl adjacent to an activating group) is 2. The third-order valence-corrected chi connectivity index (χ3v) is 3.87. The van der Waals surface area contributed by atoms with Crippen molar-refractivity contribution in [2.75, 3.05) is 33.2 Å². The Bertz CT molecular complexity index is 310. The van der Waals surface area contributed by atoms with Gasteiger partial charge in [0.25, 0.3) is 0 Å². The van der Waals surface area contributed by atoms with Crippen LogP contribution >= 0.6 is 0 Å². The van der Waals surface area contributed by atoms with E-state index in [-0.39, 0.29) is 0 Å². The standard InChI is InChI=1S/C15H30N4/c1-6-19-9-7-8-14(19)10-18(5)12-15(4,11-16)17-13(2)3/h13-14,17H,6-10,12H2,1-5H3. The van der Waals surface area contributed by atoms with E-state index in [9.17, 15) is 5.26 Å². The highest BCUT2D eigenvalue weighted by Crippen LogP contribution is 2.18. The molecule has 110 valence electrons. The summed E-state index contributed by atoms with van der Waals surface area (Å²) < 4.78 is 0. The summed E-state index contributed by atoms with van der Waals surface area (Å²) in [5.41, 5.74) is -0.460. The molecule has 1 rings (SSSR count). The predicted molar refractivity (Wildman–Crippen MR) is 80.1 cm³/mol. The molecule has 0 bridgehead atoms. The fourth-order valence-electron chi connectivity index (χ4n) is 3.23. The summed E-state index contributed by atoms with van der Waals surface area (Å²) in [6.07, 6.45) is 2.60. The van der Waals surface area contributed by atoms with E-state index in [0.29, 0.717) is 12.1 Å². The van der Waals surface area contributed by atoms with E-state index < -0.39 is 5.54 Å². The van der Waals surface area contributed by atoms with E-state index in [1.54, 1.807) is 0 Å². The number of hydrogen-bond donors (Lipinski definition) is 1. The highest BCUT2D eigenvalue weighted by molar-refractivity contribution is 5.06. The number of rotatable bonds is 7. The quantitative estimate of drug-likeness (QED) is 0.761. The molecule has 0 aromatic heterocycles. The molecule has 0 radical (unpaired) electrons. The first-order valence-electron chi connectivity index (χ1n) is 7.51. The highest BCUT2D eigenvalue weighted by Gasteiger charge is 2.29. The van der Waals surface area contributed by atoms with Gasteiger partial charge in [-0.3, -0.25) is 10.2 Å². The van der Waals surface area contributed by atoms with Crippen molar-refractivity contribution in [3.8, 4) is 6.07 Å². The Morgan fingerprint density at radius 2 is 2.21 bits per heavy atom. The van der Waals surface area contributed by atoms with Gasteiger partial charge in [-0.05, 0) is 53.8 Å². The maximum absolute atomic E-state index is 9.39. The fraction of sp³-hybridized carbons (Fsp3) is 0.933. The van der Waals surface area contributed by atoms with Crippen LogP contribution in [0, 0.1) is 11.3 Å². The Balaban J connectivity index is 2.49. The van der Waals surface area contributed by atoms with Crippen molar-refractivity contribution in [1.29, 1.82) is 5.26 Å². The summed E-state index contributed by atoms with van der Waals surface area (Å²) in [5.74, 6) is 0. The number of likely N-dealkylation sites (tertiary alicyclic amines) is 1. The van der Waals surface area contributed by atoms with Gasteiger partial charge in [-0.1, -0.05) is 6.92 Å². The van der Waals surface area contributed by atoms with Gasteiger partial charge in [0.05, 0.1) is 6.07 Å². The third kappa shape index (κ3) is 5.10. The molecule has 1 aliphatic rings. The molecule has 0 amide bonds. The molecule has 2 atom stereocenters. The summed E-state index contributed by atoms with van der Waals surface area (Å²) >= 11 is 0. The lowest BCUT2D eigenvalue weighted by molar-refractivity contribution is 0.176. The third-order valence-electron chi connectivity index (χ3n) is 3.87. The topological polar surface area (TPSA) is 42.3 Å². The zero-order chi connectivity index (χ0) is 14.5. The van der Waals surface area contributed by atoms with Crippen LogP contribution in [0.15, 0.2) is 0 Å². The van der Waals surface area contributed by atoms with Crippen molar-refractivity contribution in [2.24, 2.45) is 0 Å². The maximum atomic E-state index is 9.39. The van der Waals surface area contributed by atoms with Gasteiger partial charge < -0.3 is 4.90 Å². The average Bonchev–Trinajstić information content (AvgIpc) is 2.74. The first-order chi connectivity index (χ1) is 8.90. The molecule has 1 N–H and O–H groups in total. The largest absolute Gasteiger partial charge is 0.302 e. The van der Waals surface area contributed by atoms with Crippen LogP contribution in [0.3, 0.4) is 0 Å². The second-order valence-corrected chi connectivity index (χ2v) is 6.36. The molecule has 0 aliphatic carbocycles. The minimum Gasteiger partial charge on any atom is -0.302 e. The summed E-state index contributed by atoms with van der Waals surface area (Å²) in [6, 6.07) is 3.42. The molecule has 0 saturated carbocycles. The molecule has 1 heterocycles. The predicted octanol–water partition coefficient (Wildman–Crippen LogP) is 1.68. The van der Waals surface area contributed by atoms with Crippen LogP contribution < -0.4 is 5.32 Å². The lowest BCUT2D eigenvalue weighted by Gasteiger charge is -2.33. The SMILES string of the molecule is CCN1CCCC1CN(C)CC(C)(C#N)NC(C)C. The number of hydrogen-bond acceptors (Lipinski definition) is 4. The van der Waals surface area contributed by atoms with Crippen molar-refractivity contribution in [1.82, 2.24) is 15.1 Å². The molecule has 4 nitrogen and oxygen atoms in total. The molecular formula is C15H30N4. The molecule has 2 unspecified atom stereocenters. The molecular weight excluding hydrogens is 236 g/mol. The van der Waals surface area contributed by atoms with Gasteiger partial charge in [0.2, 0.25) is 0 Å². The number of nitriles is 1. The van der Waals surface area contributed by atoms with Crippen molar-refractivity contribution < 1.29 is 0 Å². The normalized spacial score (nSPS) is 23.8. The summed E-state index contributed by atoms with van der Waals surface area (Å²) in [5, 5.41) is 12.8. The summed E-state index contributed by atoms with van der Waals surface area (Å²) in [4.78, 5) is 4.85. The maximum Gasteiger partial charge on any atom is 0.116 e. The van der Waals surface area contributed by atoms with Crippen molar-refractivity contribution in [2.45, 2.75) is 58.2 Å². The second kappa shape index (κ2) is 7.23. The van der Waals surface area contributed by atoms with E-state index in [1.807, 2.05) is 6.92 Å². The Labute approximate surface area is 118 Å². The van der Waals surface area contributed by atoms with E-state index in [1.165, 1.54) is 19.4 Å². The zero-order valence-electron chi connectivity index (χ0n) is 13.2. The van der Waals surface area contributed by atoms with Crippen molar-refractivity contribution in [3.63, 3.8) is 0 Å². The highest BCUT2D eigenvalue weighted by atomic mass is 15.2. The zero-order valence-corrected chi connectivity index (χ0v) is 13.2. The monoisotopic (exact) mass is 266 g/mol. The van der Waals surface area contributed by atoms with Gasteiger partial charge in [0.15, 0.2) is 0 Å². The van der Waals surface area contributed by atoms with Gasteiger partial charge in [-0.25, -0.2) is 0 Å². The molecule has 0 aromatic rings. The van der Waals surface area contributed by atoms with Crippen LogP contribution in [0.2, 0.25) is 0 Å². The minimum absolute atomic E-state index is 0.330. The first kappa shape index (κ1) is 16.4. The Hall–Kier alpha value is -0.630. The van der Waals surface area contributed by atoms with E-state index >= 15 is 0 Å². The first-order valence-corrected chi connectivity index (χ1v) is 7.51. The molecule has 1 saturated heterocycles. The second-order valence-electron chi connectivity index (χ2n) is 6.36. The number of nitrogens with zero attached hydrogens (tertiary/aromatic N) is 3. The van der Waals surface area contributed by atoms with Crippen LogP contribution in [0.5, 0.6) is 0 Å². The Kier molecular flexibility index (Phi) is 6.25. The molecule has 0 spiro atoms. The van der Waals surface area contributed by atoms with Gasteiger partial charge in [-0.15, -0.1) is 0 Å². The van der Waals surface area contributed by atoms with Crippen LogP contribution in [0.1, 0.15) is 40.5 Å². The van der Waals surface area contributed by atoms with Gasteiger partial charge >= 0.3 is 0 Å². The molecule has 0 aromatic carbocycles. The van der Waals surface area contributed by atoms with Crippen LogP contribution in [-0.2, 0) is 0 Å². The average molecular weight is 266 g/mol. The summed E-state index contributed by atoms with van der Waals surface area (Å²) in [7, 11) is 2.13. The lowest BCUT2D eigenvalue weighted by Crippen LogP contribution is -2.53. The Morgan fingerprint density at radius 3 is 2.74 bits per heavy atom. The molecule has 19 heavy (non-hydrogen) atoms. The minimum atomic E-state index is -0.460. The van der Waals surface area contributed by atoms with Gasteiger partial charge in [0.1, 0.15) is 5.54 Å². The Morgan fingerprint density at radius 1 is 1.53 bits per heavy atom. The molecule has 1 aliphatic heterocycles. The van der Waals surface area contributed by atoms with Crippen LogP contribution in [0.25, 0.3) is 0 Å². The van der Waals surface area contributed by atoms with Gasteiger partial charge in [0, 0.05) is 25.2 Å². The van der Waals surface area contributed by atoms with Crippen LogP contribution in [-0.4, -0.2) is 60.6 Å². The smallest absolute Gasteiger partial charge is 0.116 e. The summed E-state index contributed by atoms with van der Waals surface area (Å²) in [6.45, 7) is 12.6. The molecule has 4 heteroatoms. The van der Waals surface area contributed by atoms with E-state index in [4.69, 9.17) is 0 Å². The van der Waals surface area contributed by atoms with Crippen molar-refractivity contribution in [3.05, 3.63) is 0 Å². The van der Waals surface area contributed by atoms with Crippen molar-refractivity contribution >= 4 is 0 Å². The van der Waals surface area contributed by atoms with Crippen LogP contribution in [0.4, 0.5) is 0 Å². The molecule has 1 fully saturated rings. The fourth-order valence-corrected chi connectivity index (χ4v) is 3.23. The lowest BCUT2D eigenvalue weighted by atomic mass is 10.0. The number of nitrogens with one attached hydrogen (secondary N) is 1. The van der Waals surface area contributed by atoms with Gasteiger partial charge in [-0.2, -0.15) is 5.26 Å². The van der Waals surface area contributed by atoms with E-state index in [0.717, 1.165) is 19.6 Å².